The SMILES string of the molecule is Cc1ccc(NC(=O)C(F)F)cc1S(=O)(=O)N1CCCCC1. The van der Waals surface area contributed by atoms with Crippen LogP contribution in [0, 0.1) is 6.92 Å². The number of nitrogens with zero attached hydrogens (tertiary/aromatic N) is 1. The number of alkyl halides is 2. The molecular formula is C14H18F2N2O3S. The predicted molar refractivity (Wildman–Crippen MR) is 78.4 cm³/mol. The third-order valence-electron chi connectivity index (χ3n) is 3.59. The number of anilines is 1. The van der Waals surface area contributed by atoms with E-state index in [1.54, 1.807) is 6.92 Å². The second kappa shape index (κ2) is 6.70. The molecule has 122 valence electrons. The van der Waals surface area contributed by atoms with Crippen molar-refractivity contribution in [2.24, 2.45) is 0 Å². The number of amides is 1. The summed E-state index contributed by atoms with van der Waals surface area (Å²) in [6.45, 7) is 2.54. The summed E-state index contributed by atoms with van der Waals surface area (Å²) in [6, 6.07) is 4.14. The lowest BCUT2D eigenvalue weighted by Gasteiger charge is -2.26. The van der Waals surface area contributed by atoms with Crippen LogP contribution in [0.25, 0.3) is 0 Å². The second-order valence-corrected chi connectivity index (χ2v) is 7.14. The van der Waals surface area contributed by atoms with Crippen molar-refractivity contribution >= 4 is 21.6 Å². The number of aryl methyl sites for hydroxylation is 1. The molecule has 0 aromatic heterocycles. The van der Waals surface area contributed by atoms with E-state index in [9.17, 15) is 22.0 Å². The van der Waals surface area contributed by atoms with Gasteiger partial charge in [0.05, 0.1) is 4.90 Å². The van der Waals surface area contributed by atoms with Crippen LogP contribution in [-0.2, 0) is 14.8 Å². The smallest absolute Gasteiger partial charge is 0.315 e. The Morgan fingerprint density at radius 2 is 1.86 bits per heavy atom. The monoisotopic (exact) mass is 332 g/mol. The highest BCUT2D eigenvalue weighted by Crippen LogP contribution is 2.26. The molecule has 0 saturated carbocycles. The molecule has 1 fully saturated rings. The van der Waals surface area contributed by atoms with Crippen LogP contribution < -0.4 is 5.32 Å². The van der Waals surface area contributed by atoms with E-state index in [1.807, 2.05) is 5.32 Å². The molecule has 2 rings (SSSR count). The summed E-state index contributed by atoms with van der Waals surface area (Å²) in [5.74, 6) is -1.45. The Morgan fingerprint density at radius 3 is 2.45 bits per heavy atom. The van der Waals surface area contributed by atoms with Crippen LogP contribution in [0.1, 0.15) is 24.8 Å². The quantitative estimate of drug-likeness (QED) is 0.920. The van der Waals surface area contributed by atoms with E-state index in [-0.39, 0.29) is 10.6 Å². The van der Waals surface area contributed by atoms with Crippen molar-refractivity contribution in [2.45, 2.75) is 37.5 Å². The fraction of sp³-hybridized carbons (Fsp3) is 0.500. The molecule has 8 heteroatoms. The van der Waals surface area contributed by atoms with Crippen molar-refractivity contribution in [1.82, 2.24) is 4.31 Å². The van der Waals surface area contributed by atoms with Crippen molar-refractivity contribution in [3.05, 3.63) is 23.8 Å². The first-order valence-electron chi connectivity index (χ1n) is 7.02. The molecule has 0 atom stereocenters. The number of hydrogen-bond acceptors (Lipinski definition) is 3. The third-order valence-corrected chi connectivity index (χ3v) is 5.63. The van der Waals surface area contributed by atoms with Crippen LogP contribution in [0.2, 0.25) is 0 Å². The number of nitrogens with one attached hydrogen (secondary N) is 1. The molecule has 0 radical (unpaired) electrons. The third kappa shape index (κ3) is 3.61. The van der Waals surface area contributed by atoms with Gasteiger partial charge in [0.15, 0.2) is 0 Å². The Bertz CT molecular complexity index is 656. The highest BCUT2D eigenvalue weighted by atomic mass is 32.2. The number of piperidine rings is 1. The Labute approximate surface area is 128 Å². The normalized spacial score (nSPS) is 16.7. The Balaban J connectivity index is 2.31. The molecule has 1 heterocycles. The molecule has 0 spiro atoms. The van der Waals surface area contributed by atoms with Crippen molar-refractivity contribution in [3.63, 3.8) is 0 Å². The first-order valence-corrected chi connectivity index (χ1v) is 8.46. The summed E-state index contributed by atoms with van der Waals surface area (Å²) >= 11 is 0. The summed E-state index contributed by atoms with van der Waals surface area (Å²) in [5.41, 5.74) is 0.562. The van der Waals surface area contributed by atoms with E-state index in [1.165, 1.54) is 22.5 Å². The van der Waals surface area contributed by atoms with Gasteiger partial charge in [0.2, 0.25) is 10.0 Å². The lowest BCUT2D eigenvalue weighted by molar-refractivity contribution is -0.126. The molecule has 1 aromatic rings. The highest BCUT2D eigenvalue weighted by Gasteiger charge is 2.28. The fourth-order valence-corrected chi connectivity index (χ4v) is 4.16. The van der Waals surface area contributed by atoms with E-state index < -0.39 is 22.4 Å². The van der Waals surface area contributed by atoms with Gasteiger partial charge in [-0.2, -0.15) is 13.1 Å². The molecule has 1 aliphatic heterocycles. The molecule has 22 heavy (non-hydrogen) atoms. The van der Waals surface area contributed by atoms with E-state index >= 15 is 0 Å². The molecule has 0 unspecified atom stereocenters. The zero-order valence-corrected chi connectivity index (χ0v) is 13.0. The summed E-state index contributed by atoms with van der Waals surface area (Å²) in [4.78, 5) is 11.1. The zero-order valence-electron chi connectivity index (χ0n) is 12.2. The van der Waals surface area contributed by atoms with Gasteiger partial charge in [0.1, 0.15) is 0 Å². The van der Waals surface area contributed by atoms with E-state index in [0.29, 0.717) is 18.7 Å². The molecular weight excluding hydrogens is 314 g/mol. The van der Waals surface area contributed by atoms with Crippen LogP contribution in [-0.4, -0.2) is 38.1 Å². The molecule has 0 aliphatic carbocycles. The summed E-state index contributed by atoms with van der Waals surface area (Å²) in [6.07, 6.45) is -0.543. The van der Waals surface area contributed by atoms with Gasteiger partial charge >= 0.3 is 6.43 Å². The topological polar surface area (TPSA) is 66.5 Å². The van der Waals surface area contributed by atoms with Crippen LogP contribution in [0.5, 0.6) is 0 Å². The summed E-state index contributed by atoms with van der Waals surface area (Å²) in [7, 11) is -3.68. The number of benzene rings is 1. The van der Waals surface area contributed by atoms with Gasteiger partial charge in [0.25, 0.3) is 5.91 Å². The highest BCUT2D eigenvalue weighted by molar-refractivity contribution is 7.89. The molecule has 1 saturated heterocycles. The number of hydrogen-bond donors (Lipinski definition) is 1. The van der Waals surface area contributed by atoms with Gasteiger partial charge in [-0.25, -0.2) is 8.42 Å². The lowest BCUT2D eigenvalue weighted by Crippen LogP contribution is -2.36. The average Bonchev–Trinajstić information content (AvgIpc) is 2.49. The largest absolute Gasteiger partial charge is 0.321 e. The van der Waals surface area contributed by atoms with Crippen molar-refractivity contribution < 1.29 is 22.0 Å². The van der Waals surface area contributed by atoms with Crippen LogP contribution in [0.15, 0.2) is 23.1 Å². The molecule has 5 nitrogen and oxygen atoms in total. The molecule has 1 aliphatic rings. The van der Waals surface area contributed by atoms with Gasteiger partial charge in [0, 0.05) is 18.8 Å². The van der Waals surface area contributed by atoms with Crippen molar-refractivity contribution in [1.29, 1.82) is 0 Å². The van der Waals surface area contributed by atoms with Crippen molar-refractivity contribution in [2.75, 3.05) is 18.4 Å². The van der Waals surface area contributed by atoms with Gasteiger partial charge in [-0.3, -0.25) is 4.79 Å². The number of carbonyl (C=O) groups excluding carboxylic acids is 1. The maximum absolute atomic E-state index is 12.6. The average molecular weight is 332 g/mol. The lowest BCUT2D eigenvalue weighted by atomic mass is 10.2. The predicted octanol–water partition coefficient (Wildman–Crippen LogP) is 2.37. The first-order chi connectivity index (χ1) is 10.3. The van der Waals surface area contributed by atoms with Gasteiger partial charge in [-0.1, -0.05) is 12.5 Å². The molecule has 1 amide bonds. The number of carbonyl (C=O) groups is 1. The van der Waals surface area contributed by atoms with E-state index in [4.69, 9.17) is 0 Å². The Morgan fingerprint density at radius 1 is 1.23 bits per heavy atom. The fourth-order valence-electron chi connectivity index (χ4n) is 2.40. The van der Waals surface area contributed by atoms with E-state index in [0.717, 1.165) is 19.3 Å². The Hall–Kier alpha value is -1.54. The molecule has 1 aromatic carbocycles. The number of halogens is 2. The van der Waals surface area contributed by atoms with Crippen molar-refractivity contribution in [3.8, 4) is 0 Å². The van der Waals surface area contributed by atoms with Crippen LogP contribution in [0.4, 0.5) is 14.5 Å². The van der Waals surface area contributed by atoms with Crippen LogP contribution >= 0.6 is 0 Å². The maximum atomic E-state index is 12.6. The summed E-state index contributed by atoms with van der Waals surface area (Å²) in [5, 5.41) is 2.01. The molecule has 1 N–H and O–H groups in total. The van der Waals surface area contributed by atoms with E-state index in [2.05, 4.69) is 0 Å². The standard InChI is InChI=1S/C14H18F2N2O3S/c1-10-5-6-11(17-14(19)13(15)16)9-12(10)22(20,21)18-7-3-2-4-8-18/h5-6,9,13H,2-4,7-8H2,1H3,(H,17,19). The Kier molecular flexibility index (Phi) is 5.12. The second-order valence-electron chi connectivity index (χ2n) is 5.23. The number of sulfonamides is 1. The van der Waals surface area contributed by atoms with Crippen LogP contribution in [0.3, 0.4) is 0 Å². The minimum absolute atomic E-state index is 0.0430. The minimum atomic E-state index is -3.68. The maximum Gasteiger partial charge on any atom is 0.315 e. The number of rotatable bonds is 4. The van der Waals surface area contributed by atoms with Gasteiger partial charge in [-0.05, 0) is 37.5 Å². The minimum Gasteiger partial charge on any atom is -0.321 e. The van der Waals surface area contributed by atoms with Gasteiger partial charge in [-0.15, -0.1) is 0 Å². The summed E-state index contributed by atoms with van der Waals surface area (Å²) < 4.78 is 51.3. The molecule has 0 bridgehead atoms. The first kappa shape index (κ1) is 16.8. The zero-order chi connectivity index (χ0) is 16.3. The van der Waals surface area contributed by atoms with Gasteiger partial charge < -0.3 is 5.32 Å².